The zero-order valence-corrected chi connectivity index (χ0v) is 25.3. The molecule has 16 heteroatoms. The number of nitrogens with one attached hydrogen (secondary N) is 1. The van der Waals surface area contributed by atoms with Crippen molar-refractivity contribution >= 4 is 59.2 Å². The average molecular weight is 656 g/mol. The minimum absolute atomic E-state index is 0.00163. The van der Waals surface area contributed by atoms with Crippen LogP contribution in [0.2, 0.25) is 5.02 Å². The van der Waals surface area contributed by atoms with Crippen molar-refractivity contribution in [1.82, 2.24) is 14.8 Å². The van der Waals surface area contributed by atoms with E-state index in [1.54, 1.807) is 6.92 Å². The van der Waals surface area contributed by atoms with Gasteiger partial charge in [0.2, 0.25) is 18.6 Å². The number of carboxylic acid groups (broad SMARTS) is 1. The van der Waals surface area contributed by atoms with Gasteiger partial charge in [0.15, 0.2) is 5.78 Å². The Balaban J connectivity index is 1.59. The number of ketones is 1. The van der Waals surface area contributed by atoms with E-state index in [9.17, 15) is 32.5 Å². The maximum atomic E-state index is 14.5. The molecule has 3 aromatic rings. The molecule has 2 heterocycles. The molecule has 4 rings (SSSR count). The molecule has 0 radical (unpaired) electrons. The number of nitrogens with zero attached hydrogens (tertiary/aromatic N) is 2. The van der Waals surface area contributed by atoms with E-state index in [2.05, 4.69) is 10.1 Å². The van der Waals surface area contributed by atoms with Gasteiger partial charge < -0.3 is 29.2 Å². The standard InChI is InChI=1S/C28H29ClF2N3O9P/c1-3-42-44(40,43-15-41-28(38)39)19-7-8-20-21(16(2)35)13-33(23(20)10-19)14-25(36)34-12-18(30)9-24(34)27(37)32-11-17-5-4-6-22(29)26(17)31/h4-8,10,13,18,24H,3,9,11-12,14-15H2,1-2H3,(H,32,37)(H,38,39)/t18-,24+,44?/m1/s1. The quantitative estimate of drug-likeness (QED) is 0.125. The smallest absolute Gasteiger partial charge is 0.450 e. The number of ether oxygens (including phenoxy) is 1. The highest BCUT2D eigenvalue weighted by Crippen LogP contribution is 2.47. The van der Waals surface area contributed by atoms with E-state index in [1.165, 1.54) is 54.1 Å². The van der Waals surface area contributed by atoms with E-state index in [0.717, 1.165) is 4.90 Å². The lowest BCUT2D eigenvalue weighted by atomic mass is 10.1. The van der Waals surface area contributed by atoms with E-state index in [-0.39, 0.29) is 58.9 Å². The number of likely N-dealkylation sites (tertiary alicyclic amines) is 1. The number of carbonyl (C=O) groups is 4. The predicted octanol–water partition coefficient (Wildman–Crippen LogP) is 4.42. The van der Waals surface area contributed by atoms with Crippen LogP contribution >= 0.6 is 19.2 Å². The number of amides is 2. The van der Waals surface area contributed by atoms with E-state index in [1.807, 2.05) is 0 Å². The zero-order valence-electron chi connectivity index (χ0n) is 23.6. The van der Waals surface area contributed by atoms with Crippen LogP contribution in [-0.4, -0.2) is 70.5 Å². The molecule has 44 heavy (non-hydrogen) atoms. The molecular formula is C28H29ClF2N3O9P. The summed E-state index contributed by atoms with van der Waals surface area (Å²) in [6, 6.07) is 7.37. The Hall–Kier alpha value is -3.84. The van der Waals surface area contributed by atoms with Crippen LogP contribution in [0.5, 0.6) is 0 Å². The second-order valence-corrected chi connectivity index (χ2v) is 12.3. The molecule has 0 saturated carbocycles. The molecule has 0 spiro atoms. The van der Waals surface area contributed by atoms with Crippen molar-refractivity contribution in [1.29, 1.82) is 0 Å². The fourth-order valence-corrected chi connectivity index (χ4v) is 6.53. The van der Waals surface area contributed by atoms with Crippen molar-refractivity contribution < 1.29 is 51.4 Å². The second-order valence-electron chi connectivity index (χ2n) is 9.83. The minimum atomic E-state index is -4.11. The SMILES string of the molecule is CCOP(=O)(OCOC(=O)O)c1ccc2c(C(C)=O)cn(CC(=O)N3C[C@H](F)C[C@H]3C(=O)NCc3cccc(Cl)c3F)c2c1. The first kappa shape index (κ1) is 33.1. The molecule has 12 nitrogen and oxygen atoms in total. The van der Waals surface area contributed by atoms with Gasteiger partial charge in [0.1, 0.15) is 24.6 Å². The third-order valence-corrected chi connectivity index (χ3v) is 9.17. The summed E-state index contributed by atoms with van der Waals surface area (Å²) in [4.78, 5) is 50.7. The van der Waals surface area contributed by atoms with Crippen LogP contribution < -0.4 is 10.6 Å². The lowest BCUT2D eigenvalue weighted by Gasteiger charge is -2.24. The summed E-state index contributed by atoms with van der Waals surface area (Å²) in [5.41, 5.74) is 0.633. The van der Waals surface area contributed by atoms with E-state index in [4.69, 9.17) is 25.8 Å². The third kappa shape index (κ3) is 7.27. The van der Waals surface area contributed by atoms with E-state index >= 15 is 0 Å². The first-order valence-electron chi connectivity index (χ1n) is 13.4. The van der Waals surface area contributed by atoms with Gasteiger partial charge in [-0.25, -0.2) is 13.6 Å². The third-order valence-electron chi connectivity index (χ3n) is 6.93. The molecule has 2 N–H and O–H groups in total. The fraction of sp³-hybridized carbons (Fsp3) is 0.357. The predicted molar refractivity (Wildman–Crippen MR) is 154 cm³/mol. The summed E-state index contributed by atoms with van der Waals surface area (Å²) >= 11 is 5.79. The summed E-state index contributed by atoms with van der Waals surface area (Å²) < 4.78 is 58.5. The van der Waals surface area contributed by atoms with Crippen LogP contribution in [0.4, 0.5) is 13.6 Å². The molecule has 2 amide bonds. The highest BCUT2D eigenvalue weighted by Gasteiger charge is 2.40. The van der Waals surface area contributed by atoms with Crippen LogP contribution in [0.3, 0.4) is 0 Å². The van der Waals surface area contributed by atoms with Gasteiger partial charge in [-0.3, -0.25) is 23.5 Å². The molecule has 0 bridgehead atoms. The summed E-state index contributed by atoms with van der Waals surface area (Å²) in [7, 11) is -4.11. The Bertz CT molecular complexity index is 1650. The first-order chi connectivity index (χ1) is 20.8. The topological polar surface area (TPSA) is 153 Å². The normalized spacial score (nSPS) is 17.8. The Morgan fingerprint density at radius 1 is 1.18 bits per heavy atom. The highest BCUT2D eigenvalue weighted by molar-refractivity contribution is 7.62. The second kappa shape index (κ2) is 13.9. The number of hydrogen-bond donors (Lipinski definition) is 2. The molecular weight excluding hydrogens is 627 g/mol. The minimum Gasteiger partial charge on any atom is -0.450 e. The maximum absolute atomic E-state index is 14.5. The molecule has 1 fully saturated rings. The number of benzene rings is 2. The summed E-state index contributed by atoms with van der Waals surface area (Å²) in [5.74, 6) is -2.36. The van der Waals surface area contributed by atoms with Crippen LogP contribution in [0.1, 0.15) is 36.2 Å². The molecule has 1 aromatic heterocycles. The highest BCUT2D eigenvalue weighted by atomic mass is 35.5. The fourth-order valence-electron chi connectivity index (χ4n) is 4.90. The van der Waals surface area contributed by atoms with Gasteiger partial charge in [-0.1, -0.05) is 29.8 Å². The summed E-state index contributed by atoms with van der Waals surface area (Å²) in [6.45, 7) is 0.922. The Morgan fingerprint density at radius 2 is 1.93 bits per heavy atom. The molecule has 1 saturated heterocycles. The number of hydrogen-bond acceptors (Lipinski definition) is 8. The lowest BCUT2D eigenvalue weighted by molar-refractivity contribution is -0.139. The van der Waals surface area contributed by atoms with Crippen molar-refractivity contribution in [3.63, 3.8) is 0 Å². The molecule has 0 aliphatic carbocycles. The number of aromatic nitrogens is 1. The van der Waals surface area contributed by atoms with E-state index < -0.39 is 56.9 Å². The number of carbonyl (C=O) groups excluding carboxylic acids is 3. The average Bonchev–Trinajstić information content (AvgIpc) is 3.54. The number of halogens is 3. The molecule has 1 aliphatic heterocycles. The van der Waals surface area contributed by atoms with Gasteiger partial charge in [0.25, 0.3) is 0 Å². The van der Waals surface area contributed by atoms with Crippen molar-refractivity contribution in [3.05, 3.63) is 64.6 Å². The molecule has 1 unspecified atom stereocenters. The number of Topliss-reactive ketones (excluding diaryl/α,β-unsaturated/α-hetero) is 1. The van der Waals surface area contributed by atoms with Crippen LogP contribution in [0.25, 0.3) is 10.9 Å². The van der Waals surface area contributed by atoms with Crippen LogP contribution in [0.15, 0.2) is 42.6 Å². The largest absolute Gasteiger partial charge is 0.507 e. The Morgan fingerprint density at radius 3 is 2.61 bits per heavy atom. The molecule has 236 valence electrons. The summed E-state index contributed by atoms with van der Waals surface area (Å²) in [5, 5.41) is 11.5. The van der Waals surface area contributed by atoms with Gasteiger partial charge in [0, 0.05) is 35.7 Å². The maximum Gasteiger partial charge on any atom is 0.507 e. The Kier molecular flexibility index (Phi) is 10.4. The van der Waals surface area contributed by atoms with Crippen molar-refractivity contribution in [3.8, 4) is 0 Å². The van der Waals surface area contributed by atoms with Crippen molar-refractivity contribution in [2.45, 2.75) is 45.6 Å². The zero-order chi connectivity index (χ0) is 32.2. The van der Waals surface area contributed by atoms with Crippen molar-refractivity contribution in [2.24, 2.45) is 0 Å². The van der Waals surface area contributed by atoms with Gasteiger partial charge in [-0.05, 0) is 32.0 Å². The van der Waals surface area contributed by atoms with Gasteiger partial charge >= 0.3 is 13.8 Å². The monoisotopic (exact) mass is 655 g/mol. The molecule has 3 atom stereocenters. The molecule has 1 aliphatic rings. The van der Waals surface area contributed by atoms with Gasteiger partial charge in [0.05, 0.1) is 29.0 Å². The van der Waals surface area contributed by atoms with Crippen LogP contribution in [-0.2, 0) is 41.0 Å². The van der Waals surface area contributed by atoms with Gasteiger partial charge in [-0.15, -0.1) is 0 Å². The number of rotatable bonds is 12. The number of fused-ring (bicyclic) bond motifs is 1. The first-order valence-corrected chi connectivity index (χ1v) is 15.3. The molecule has 2 aromatic carbocycles. The Labute approximate surface area is 255 Å². The van der Waals surface area contributed by atoms with E-state index in [0.29, 0.717) is 5.39 Å². The van der Waals surface area contributed by atoms with Crippen molar-refractivity contribution in [2.75, 3.05) is 19.9 Å². The lowest BCUT2D eigenvalue weighted by Crippen LogP contribution is -2.46. The summed E-state index contributed by atoms with van der Waals surface area (Å²) in [6.07, 6.45) is -1.99. The number of alkyl halides is 1. The van der Waals surface area contributed by atoms with Crippen LogP contribution in [0, 0.1) is 5.82 Å². The van der Waals surface area contributed by atoms with Gasteiger partial charge in [-0.2, -0.15) is 0 Å².